The molecule has 0 aliphatic carbocycles. The Morgan fingerprint density at radius 3 is 2.65 bits per heavy atom. The summed E-state index contributed by atoms with van der Waals surface area (Å²) < 4.78 is 0. The summed E-state index contributed by atoms with van der Waals surface area (Å²) in [6.45, 7) is 0.473. The van der Waals surface area contributed by atoms with Gasteiger partial charge in [-0.05, 0) is 29.2 Å². The molecule has 4 N–H and O–H groups in total. The van der Waals surface area contributed by atoms with Crippen molar-refractivity contribution in [3.63, 3.8) is 0 Å². The summed E-state index contributed by atoms with van der Waals surface area (Å²) in [6, 6.07) is 16.1. The topological polar surface area (TPSA) is 67.2 Å². The van der Waals surface area contributed by atoms with Crippen LogP contribution in [0, 0.1) is 0 Å². The molecule has 0 fully saturated rings. The Morgan fingerprint density at radius 1 is 1.15 bits per heavy atom. The third-order valence-electron chi connectivity index (χ3n) is 3.64. The van der Waals surface area contributed by atoms with Crippen LogP contribution < -0.4 is 16.4 Å². The first kappa shape index (κ1) is 12.5. The molecule has 4 nitrogen and oxygen atoms in total. The van der Waals surface area contributed by atoms with Gasteiger partial charge in [-0.1, -0.05) is 42.5 Å². The van der Waals surface area contributed by atoms with Crippen molar-refractivity contribution in [1.29, 1.82) is 0 Å². The van der Waals surface area contributed by atoms with Crippen LogP contribution in [0.3, 0.4) is 0 Å². The van der Waals surface area contributed by atoms with E-state index >= 15 is 0 Å². The molecule has 4 heteroatoms. The summed E-state index contributed by atoms with van der Waals surface area (Å²) in [5.74, 6) is 0. The minimum Gasteiger partial charge on any atom is -0.376 e. The molecular weight excluding hydrogens is 250 g/mol. The van der Waals surface area contributed by atoms with Crippen LogP contribution in [-0.2, 0) is 6.42 Å². The van der Waals surface area contributed by atoms with E-state index in [4.69, 9.17) is 5.73 Å². The normalized spacial score (nSPS) is 16.3. The van der Waals surface area contributed by atoms with E-state index in [2.05, 4.69) is 34.9 Å². The summed E-state index contributed by atoms with van der Waals surface area (Å²) in [5, 5.41) is 6.19. The average molecular weight is 267 g/mol. The first-order valence-corrected chi connectivity index (χ1v) is 6.69. The molecule has 0 saturated heterocycles. The monoisotopic (exact) mass is 267 g/mol. The molecule has 102 valence electrons. The predicted octanol–water partition coefficient (Wildman–Crippen LogP) is 2.41. The number of benzene rings is 2. The van der Waals surface area contributed by atoms with E-state index < -0.39 is 6.03 Å². The molecule has 20 heavy (non-hydrogen) atoms. The molecule has 2 aromatic carbocycles. The first-order valence-electron chi connectivity index (χ1n) is 6.69. The zero-order valence-corrected chi connectivity index (χ0v) is 11.1. The molecule has 1 heterocycles. The Labute approximate surface area is 118 Å². The van der Waals surface area contributed by atoms with Gasteiger partial charge in [0, 0.05) is 12.2 Å². The van der Waals surface area contributed by atoms with Crippen molar-refractivity contribution < 1.29 is 4.79 Å². The Kier molecular flexibility index (Phi) is 3.29. The van der Waals surface area contributed by atoms with Crippen LogP contribution in [0.25, 0.3) is 0 Å². The van der Waals surface area contributed by atoms with Crippen molar-refractivity contribution >= 4 is 11.7 Å². The van der Waals surface area contributed by atoms with Crippen LogP contribution in [0.4, 0.5) is 10.5 Å². The molecule has 0 bridgehead atoms. The summed E-state index contributed by atoms with van der Waals surface area (Å²) in [4.78, 5) is 11.0. The highest BCUT2D eigenvalue weighted by Gasteiger charge is 2.20. The second-order valence-corrected chi connectivity index (χ2v) is 4.97. The number of anilines is 1. The lowest BCUT2D eigenvalue weighted by atomic mass is 9.97. The smallest absolute Gasteiger partial charge is 0.312 e. The van der Waals surface area contributed by atoms with E-state index in [1.807, 2.05) is 24.3 Å². The number of fused-ring (bicyclic) bond motifs is 2. The van der Waals surface area contributed by atoms with E-state index in [0.717, 1.165) is 12.1 Å². The highest BCUT2D eigenvalue weighted by molar-refractivity contribution is 5.71. The standard InChI is InChI=1S/C16H17N3O/c17-16(20)18-10-15-13-7-3-1-5-11(13)9-12-6-2-4-8-14(12)19-15/h1-8,15,19H,9-10H2,(H3,17,18,20). The largest absolute Gasteiger partial charge is 0.376 e. The number of urea groups is 1. The Morgan fingerprint density at radius 2 is 1.85 bits per heavy atom. The maximum Gasteiger partial charge on any atom is 0.312 e. The van der Waals surface area contributed by atoms with Gasteiger partial charge in [0.25, 0.3) is 0 Å². The number of nitrogens with two attached hydrogens (primary N) is 1. The molecule has 3 rings (SSSR count). The maximum atomic E-state index is 11.0. The van der Waals surface area contributed by atoms with Crippen LogP contribution in [0.5, 0.6) is 0 Å². The lowest BCUT2D eigenvalue weighted by molar-refractivity contribution is 0.248. The summed E-state index contributed by atoms with van der Waals surface area (Å²) in [5.41, 5.74) is 10.0. The van der Waals surface area contributed by atoms with Crippen molar-refractivity contribution in [2.75, 3.05) is 11.9 Å². The van der Waals surface area contributed by atoms with Crippen LogP contribution >= 0.6 is 0 Å². The molecule has 0 radical (unpaired) electrons. The molecule has 1 atom stereocenters. The number of hydrogen-bond donors (Lipinski definition) is 3. The quantitative estimate of drug-likeness (QED) is 0.782. The van der Waals surface area contributed by atoms with Gasteiger partial charge < -0.3 is 16.4 Å². The van der Waals surface area contributed by atoms with E-state index in [-0.39, 0.29) is 6.04 Å². The van der Waals surface area contributed by atoms with Crippen molar-refractivity contribution in [3.05, 3.63) is 65.2 Å². The zero-order valence-electron chi connectivity index (χ0n) is 11.1. The van der Waals surface area contributed by atoms with Crippen LogP contribution in [0.1, 0.15) is 22.7 Å². The van der Waals surface area contributed by atoms with Gasteiger partial charge in [-0.2, -0.15) is 0 Å². The fourth-order valence-electron chi connectivity index (χ4n) is 2.68. The van der Waals surface area contributed by atoms with E-state index in [9.17, 15) is 4.79 Å². The highest BCUT2D eigenvalue weighted by Crippen LogP contribution is 2.31. The Bertz CT molecular complexity index is 639. The van der Waals surface area contributed by atoms with E-state index in [1.54, 1.807) is 0 Å². The van der Waals surface area contributed by atoms with Gasteiger partial charge in [-0.3, -0.25) is 0 Å². The number of carbonyl (C=O) groups excluding carboxylic acids is 1. The number of primary amides is 1. The third-order valence-corrected chi connectivity index (χ3v) is 3.64. The zero-order chi connectivity index (χ0) is 13.9. The Hall–Kier alpha value is -2.49. The fraction of sp³-hybridized carbons (Fsp3) is 0.188. The van der Waals surface area contributed by atoms with E-state index in [1.165, 1.54) is 16.7 Å². The minimum absolute atomic E-state index is 0.0300. The Balaban J connectivity index is 1.99. The summed E-state index contributed by atoms with van der Waals surface area (Å²) >= 11 is 0. The van der Waals surface area contributed by atoms with Gasteiger partial charge in [0.15, 0.2) is 0 Å². The second kappa shape index (κ2) is 5.25. The van der Waals surface area contributed by atoms with Crippen molar-refractivity contribution in [3.8, 4) is 0 Å². The average Bonchev–Trinajstić information content (AvgIpc) is 2.61. The molecule has 1 aliphatic heterocycles. The van der Waals surface area contributed by atoms with Gasteiger partial charge in [0.1, 0.15) is 0 Å². The maximum absolute atomic E-state index is 11.0. The number of carbonyl (C=O) groups is 1. The summed E-state index contributed by atoms with van der Waals surface area (Å²) in [7, 11) is 0. The van der Waals surface area contributed by atoms with Gasteiger partial charge in [-0.15, -0.1) is 0 Å². The van der Waals surface area contributed by atoms with Gasteiger partial charge in [-0.25, -0.2) is 4.79 Å². The SMILES string of the molecule is NC(=O)NCC1Nc2ccccc2Cc2ccccc21. The van der Waals surface area contributed by atoms with Gasteiger partial charge in [0.2, 0.25) is 0 Å². The first-order chi connectivity index (χ1) is 9.74. The molecule has 0 spiro atoms. The molecule has 2 aromatic rings. The lowest BCUT2D eigenvalue weighted by Crippen LogP contribution is -2.35. The van der Waals surface area contributed by atoms with E-state index in [0.29, 0.717) is 6.54 Å². The number of para-hydroxylation sites is 1. The third kappa shape index (κ3) is 2.45. The highest BCUT2D eigenvalue weighted by atomic mass is 16.2. The summed E-state index contributed by atoms with van der Waals surface area (Å²) in [6.07, 6.45) is 0.895. The van der Waals surface area contributed by atoms with Crippen LogP contribution in [-0.4, -0.2) is 12.6 Å². The minimum atomic E-state index is -0.498. The number of amides is 2. The molecule has 2 amide bonds. The molecule has 1 aliphatic rings. The van der Waals surface area contributed by atoms with Crippen molar-refractivity contribution in [2.45, 2.75) is 12.5 Å². The second-order valence-electron chi connectivity index (χ2n) is 4.97. The molecule has 0 aromatic heterocycles. The van der Waals surface area contributed by atoms with Crippen molar-refractivity contribution in [2.24, 2.45) is 5.73 Å². The molecule has 0 saturated carbocycles. The van der Waals surface area contributed by atoms with Crippen molar-refractivity contribution in [1.82, 2.24) is 5.32 Å². The van der Waals surface area contributed by atoms with Gasteiger partial charge in [0.05, 0.1) is 6.04 Å². The van der Waals surface area contributed by atoms with Gasteiger partial charge >= 0.3 is 6.03 Å². The molecule has 1 unspecified atom stereocenters. The number of hydrogen-bond acceptors (Lipinski definition) is 2. The lowest BCUT2D eigenvalue weighted by Gasteiger charge is -2.20. The fourth-order valence-corrected chi connectivity index (χ4v) is 2.68. The number of rotatable bonds is 2. The van der Waals surface area contributed by atoms with Crippen LogP contribution in [0.2, 0.25) is 0 Å². The number of nitrogens with one attached hydrogen (secondary N) is 2. The predicted molar refractivity (Wildman–Crippen MR) is 79.6 cm³/mol. The van der Waals surface area contributed by atoms with Crippen LogP contribution in [0.15, 0.2) is 48.5 Å². The molecular formula is C16H17N3O.